The van der Waals surface area contributed by atoms with Crippen LogP contribution in [-0.2, 0) is 21.4 Å². The maximum atomic E-state index is 13.2. The minimum Gasteiger partial charge on any atom is -0.497 e. The lowest BCUT2D eigenvalue weighted by molar-refractivity contribution is -0.120. The van der Waals surface area contributed by atoms with Crippen LogP contribution in [0, 0.1) is 19.8 Å². The lowest BCUT2D eigenvalue weighted by Crippen LogP contribution is -2.35. The van der Waals surface area contributed by atoms with Crippen molar-refractivity contribution in [3.63, 3.8) is 0 Å². The maximum absolute atomic E-state index is 13.2. The standard InChI is InChI=1S/C29H42N4O4S/c1-22-17-27(37-4)18-23(2)29(22)38(35,36)31(3)14-11-26(34)19-24-9-15-33(16-10-24)28-8-7-25(20-30-28)21-32-12-5-6-13-32/h7-8,17-18,20,24H,5-6,9-16,19,21H2,1-4H3. The molecule has 2 aromatic rings. The van der Waals surface area contributed by atoms with E-state index >= 15 is 0 Å². The van der Waals surface area contributed by atoms with Crippen molar-refractivity contribution in [3.8, 4) is 5.75 Å². The molecule has 3 heterocycles. The van der Waals surface area contributed by atoms with E-state index in [1.165, 1.54) is 35.8 Å². The summed E-state index contributed by atoms with van der Waals surface area (Å²) in [7, 11) is -0.580. The Morgan fingerprint density at radius 3 is 2.32 bits per heavy atom. The van der Waals surface area contributed by atoms with Crippen molar-refractivity contribution >= 4 is 21.6 Å². The van der Waals surface area contributed by atoms with Gasteiger partial charge in [0.2, 0.25) is 10.0 Å². The summed E-state index contributed by atoms with van der Waals surface area (Å²) in [4.78, 5) is 22.5. The molecule has 2 fully saturated rings. The quantitative estimate of drug-likeness (QED) is 0.421. The molecule has 0 spiro atoms. The summed E-state index contributed by atoms with van der Waals surface area (Å²) in [6, 6.07) is 7.77. The van der Waals surface area contributed by atoms with Gasteiger partial charge in [-0.25, -0.2) is 17.7 Å². The van der Waals surface area contributed by atoms with Crippen LogP contribution in [0.1, 0.15) is 55.2 Å². The molecule has 4 rings (SSSR count). The van der Waals surface area contributed by atoms with Crippen LogP contribution in [0.4, 0.5) is 5.82 Å². The first-order chi connectivity index (χ1) is 18.2. The molecule has 208 valence electrons. The fourth-order valence-electron chi connectivity index (χ4n) is 5.68. The number of aromatic nitrogens is 1. The van der Waals surface area contributed by atoms with E-state index < -0.39 is 10.0 Å². The molecule has 0 unspecified atom stereocenters. The zero-order valence-corrected chi connectivity index (χ0v) is 24.1. The number of methoxy groups -OCH3 is 1. The van der Waals surface area contributed by atoms with Crippen molar-refractivity contribution in [1.29, 1.82) is 0 Å². The number of ketones is 1. The van der Waals surface area contributed by atoms with Gasteiger partial charge in [0.25, 0.3) is 0 Å². The van der Waals surface area contributed by atoms with Crippen LogP contribution in [0.15, 0.2) is 35.4 Å². The molecule has 2 saturated heterocycles. The van der Waals surface area contributed by atoms with Gasteiger partial charge in [0, 0.05) is 52.3 Å². The topological polar surface area (TPSA) is 83.0 Å². The molecule has 0 aliphatic carbocycles. The van der Waals surface area contributed by atoms with E-state index in [4.69, 9.17) is 9.72 Å². The summed E-state index contributed by atoms with van der Waals surface area (Å²) in [5, 5.41) is 0. The van der Waals surface area contributed by atoms with E-state index in [1.54, 1.807) is 40.1 Å². The van der Waals surface area contributed by atoms with Gasteiger partial charge in [0.05, 0.1) is 12.0 Å². The van der Waals surface area contributed by atoms with Crippen molar-refractivity contribution in [1.82, 2.24) is 14.2 Å². The van der Waals surface area contributed by atoms with Gasteiger partial charge in [-0.2, -0.15) is 0 Å². The Morgan fingerprint density at radius 2 is 1.74 bits per heavy atom. The number of pyridine rings is 1. The smallest absolute Gasteiger partial charge is 0.243 e. The minimum absolute atomic E-state index is 0.123. The number of aryl methyl sites for hydroxylation is 2. The van der Waals surface area contributed by atoms with Crippen LogP contribution in [0.3, 0.4) is 0 Å². The number of likely N-dealkylation sites (tertiary alicyclic amines) is 1. The summed E-state index contributed by atoms with van der Waals surface area (Å²) < 4.78 is 33.0. The van der Waals surface area contributed by atoms with Gasteiger partial charge in [-0.15, -0.1) is 0 Å². The third-order valence-corrected chi connectivity index (χ3v) is 10.1. The molecule has 0 radical (unpaired) electrons. The first kappa shape index (κ1) is 28.5. The van der Waals surface area contributed by atoms with Crippen LogP contribution in [0.25, 0.3) is 0 Å². The van der Waals surface area contributed by atoms with E-state index in [2.05, 4.69) is 21.9 Å². The Labute approximate surface area is 228 Å². The number of carbonyl (C=O) groups is 1. The molecular weight excluding hydrogens is 500 g/mol. The molecule has 0 bridgehead atoms. The molecule has 0 atom stereocenters. The zero-order valence-electron chi connectivity index (χ0n) is 23.3. The zero-order chi connectivity index (χ0) is 27.3. The molecule has 2 aliphatic rings. The van der Waals surface area contributed by atoms with Crippen molar-refractivity contribution in [3.05, 3.63) is 47.2 Å². The normalized spacial score (nSPS) is 17.3. The number of sulfonamides is 1. The monoisotopic (exact) mass is 542 g/mol. The SMILES string of the molecule is COc1cc(C)c(S(=O)(=O)N(C)CCC(=O)CC2CCN(c3ccc(CN4CCCC4)cn3)CC2)c(C)c1. The lowest BCUT2D eigenvalue weighted by Gasteiger charge is -2.32. The number of piperidine rings is 1. The van der Waals surface area contributed by atoms with E-state index in [-0.39, 0.29) is 18.7 Å². The Bertz CT molecular complexity index is 1180. The highest BCUT2D eigenvalue weighted by Crippen LogP contribution is 2.29. The summed E-state index contributed by atoms with van der Waals surface area (Å²) in [5.41, 5.74) is 2.55. The molecule has 38 heavy (non-hydrogen) atoms. The first-order valence-electron chi connectivity index (χ1n) is 13.7. The number of ether oxygens (including phenoxy) is 1. The fourth-order valence-corrected chi connectivity index (χ4v) is 7.25. The first-order valence-corrected chi connectivity index (χ1v) is 15.2. The van der Waals surface area contributed by atoms with Crippen molar-refractivity contribution in [2.24, 2.45) is 5.92 Å². The summed E-state index contributed by atoms with van der Waals surface area (Å²) in [6.45, 7) is 8.84. The fraction of sp³-hybridized carbons (Fsp3) is 0.586. The Balaban J connectivity index is 1.23. The third kappa shape index (κ3) is 6.93. The largest absolute Gasteiger partial charge is 0.497 e. The second-order valence-electron chi connectivity index (χ2n) is 10.8. The highest BCUT2D eigenvalue weighted by Gasteiger charge is 2.27. The molecule has 0 N–H and O–H groups in total. The number of rotatable bonds is 11. The number of benzene rings is 1. The van der Waals surface area contributed by atoms with Gasteiger partial charge in [0.15, 0.2) is 0 Å². The summed E-state index contributed by atoms with van der Waals surface area (Å²) in [5.74, 6) is 2.10. The number of hydrogen-bond donors (Lipinski definition) is 0. The predicted octanol–water partition coefficient (Wildman–Crippen LogP) is 4.19. The maximum Gasteiger partial charge on any atom is 0.243 e. The molecule has 1 aromatic heterocycles. The molecule has 8 nitrogen and oxygen atoms in total. The van der Waals surface area contributed by atoms with Crippen LogP contribution < -0.4 is 9.64 Å². The second-order valence-corrected chi connectivity index (χ2v) is 12.8. The average Bonchev–Trinajstić information content (AvgIpc) is 3.40. The van der Waals surface area contributed by atoms with Crippen LogP contribution in [-0.4, -0.2) is 75.3 Å². The van der Waals surface area contributed by atoms with E-state index in [9.17, 15) is 13.2 Å². The number of nitrogens with zero attached hydrogens (tertiary/aromatic N) is 4. The average molecular weight is 543 g/mol. The molecule has 9 heteroatoms. The summed E-state index contributed by atoms with van der Waals surface area (Å²) >= 11 is 0. The van der Waals surface area contributed by atoms with Gasteiger partial charge in [-0.3, -0.25) is 9.69 Å². The van der Waals surface area contributed by atoms with Gasteiger partial charge in [0.1, 0.15) is 17.4 Å². The highest BCUT2D eigenvalue weighted by atomic mass is 32.2. The van der Waals surface area contributed by atoms with E-state index in [0.29, 0.717) is 34.1 Å². The number of carbonyl (C=O) groups excluding carboxylic acids is 1. The predicted molar refractivity (Wildman–Crippen MR) is 150 cm³/mol. The third-order valence-electron chi connectivity index (χ3n) is 7.91. The molecule has 0 amide bonds. The van der Waals surface area contributed by atoms with E-state index in [1.807, 2.05) is 6.20 Å². The van der Waals surface area contributed by atoms with Gasteiger partial charge in [-0.1, -0.05) is 6.07 Å². The number of Topliss-reactive ketones (excluding diaryl/α,β-unsaturated/α-hetero) is 1. The van der Waals surface area contributed by atoms with Crippen molar-refractivity contribution in [2.45, 2.75) is 63.8 Å². The van der Waals surface area contributed by atoms with E-state index in [0.717, 1.165) is 38.3 Å². The van der Waals surface area contributed by atoms with Crippen LogP contribution in [0.5, 0.6) is 5.75 Å². The Kier molecular flexibility index (Phi) is 9.44. The highest BCUT2D eigenvalue weighted by molar-refractivity contribution is 7.89. The Morgan fingerprint density at radius 1 is 1.08 bits per heavy atom. The molecular formula is C29H42N4O4S. The molecule has 1 aromatic carbocycles. The van der Waals surface area contributed by atoms with Gasteiger partial charge >= 0.3 is 0 Å². The number of hydrogen-bond acceptors (Lipinski definition) is 7. The van der Waals surface area contributed by atoms with Gasteiger partial charge < -0.3 is 9.64 Å². The lowest BCUT2D eigenvalue weighted by atomic mass is 9.91. The molecule has 2 aliphatic heterocycles. The molecule has 0 saturated carbocycles. The van der Waals surface area contributed by atoms with Crippen molar-refractivity contribution < 1.29 is 17.9 Å². The number of anilines is 1. The second kappa shape index (κ2) is 12.6. The van der Waals surface area contributed by atoms with Gasteiger partial charge in [-0.05, 0) is 93.4 Å². The van der Waals surface area contributed by atoms with Crippen LogP contribution in [0.2, 0.25) is 0 Å². The Hall–Kier alpha value is -2.49. The minimum atomic E-state index is -3.69. The van der Waals surface area contributed by atoms with Crippen molar-refractivity contribution in [2.75, 3.05) is 51.8 Å². The summed E-state index contributed by atoms with van der Waals surface area (Å²) in [6.07, 6.45) is 7.21. The van der Waals surface area contributed by atoms with Crippen LogP contribution >= 0.6 is 0 Å².